The molecule has 0 radical (unpaired) electrons. The smallest absolute Gasteiger partial charge is 0.354 e. The Morgan fingerprint density at radius 3 is 2.47 bits per heavy atom. The molecule has 0 saturated carbocycles. The Hall–Kier alpha value is -2.11. The standard InChI is InChI=1S/C7H8N4O2.C2H6/c8-7(9)11-5-3-1-2-4(10-5)6(12)13;1-2/h1-3H,(H,12,13)(H4,8,9,10,11);1-2H3. The lowest BCUT2D eigenvalue weighted by atomic mass is 10.3. The summed E-state index contributed by atoms with van der Waals surface area (Å²) < 4.78 is 0. The molecule has 0 aliphatic heterocycles. The highest BCUT2D eigenvalue weighted by atomic mass is 16.4. The molecule has 0 atom stereocenters. The maximum Gasteiger partial charge on any atom is 0.354 e. The van der Waals surface area contributed by atoms with Gasteiger partial charge in [-0.05, 0) is 12.1 Å². The highest BCUT2D eigenvalue weighted by Crippen LogP contribution is 2.07. The maximum atomic E-state index is 10.5. The average molecular weight is 210 g/mol. The predicted octanol–water partition coefficient (Wildman–Crippen LogP) is 0.711. The summed E-state index contributed by atoms with van der Waals surface area (Å²) in [6.45, 7) is 4.00. The fourth-order valence-corrected chi connectivity index (χ4v) is 0.737. The molecule has 5 N–H and O–H groups in total. The van der Waals surface area contributed by atoms with Crippen molar-refractivity contribution in [2.24, 2.45) is 16.5 Å². The van der Waals surface area contributed by atoms with E-state index in [1.807, 2.05) is 13.8 Å². The first-order chi connectivity index (χ1) is 7.09. The van der Waals surface area contributed by atoms with Gasteiger partial charge in [-0.1, -0.05) is 19.9 Å². The van der Waals surface area contributed by atoms with E-state index in [0.717, 1.165) is 0 Å². The van der Waals surface area contributed by atoms with Crippen LogP contribution in [0.15, 0.2) is 23.2 Å². The highest BCUT2D eigenvalue weighted by molar-refractivity contribution is 5.86. The van der Waals surface area contributed by atoms with Crippen LogP contribution in [0.4, 0.5) is 5.82 Å². The molecule has 0 aromatic carbocycles. The number of nitrogens with two attached hydrogens (primary N) is 2. The fourth-order valence-electron chi connectivity index (χ4n) is 0.737. The van der Waals surface area contributed by atoms with Crippen molar-refractivity contribution in [1.82, 2.24) is 4.98 Å². The normalized spacial score (nSPS) is 8.40. The Morgan fingerprint density at radius 2 is 2.00 bits per heavy atom. The van der Waals surface area contributed by atoms with Gasteiger partial charge in [0, 0.05) is 0 Å². The van der Waals surface area contributed by atoms with Gasteiger partial charge in [0.25, 0.3) is 0 Å². The second kappa shape index (κ2) is 6.36. The van der Waals surface area contributed by atoms with E-state index in [1.54, 1.807) is 0 Å². The second-order valence-electron chi connectivity index (χ2n) is 2.22. The van der Waals surface area contributed by atoms with Crippen molar-refractivity contribution >= 4 is 17.7 Å². The van der Waals surface area contributed by atoms with E-state index in [-0.39, 0.29) is 17.5 Å². The van der Waals surface area contributed by atoms with Crippen LogP contribution in [0.25, 0.3) is 0 Å². The number of carbonyl (C=O) groups is 1. The Morgan fingerprint density at radius 1 is 1.40 bits per heavy atom. The van der Waals surface area contributed by atoms with Crippen LogP contribution in [0.3, 0.4) is 0 Å². The van der Waals surface area contributed by atoms with Gasteiger partial charge in [0.1, 0.15) is 0 Å². The number of pyridine rings is 1. The van der Waals surface area contributed by atoms with Crippen molar-refractivity contribution in [2.75, 3.05) is 0 Å². The van der Waals surface area contributed by atoms with E-state index in [1.165, 1.54) is 18.2 Å². The number of carboxylic acids is 1. The van der Waals surface area contributed by atoms with E-state index in [2.05, 4.69) is 9.98 Å². The van der Waals surface area contributed by atoms with Crippen molar-refractivity contribution < 1.29 is 9.90 Å². The molecule has 82 valence electrons. The quantitative estimate of drug-likeness (QED) is 0.491. The summed E-state index contributed by atoms with van der Waals surface area (Å²) in [7, 11) is 0. The van der Waals surface area contributed by atoms with Crippen LogP contribution >= 0.6 is 0 Å². The molecule has 0 unspecified atom stereocenters. The third kappa shape index (κ3) is 4.61. The van der Waals surface area contributed by atoms with Crippen molar-refractivity contribution in [3.05, 3.63) is 23.9 Å². The van der Waals surface area contributed by atoms with Crippen LogP contribution in [0.5, 0.6) is 0 Å². The third-order valence-corrected chi connectivity index (χ3v) is 1.20. The van der Waals surface area contributed by atoms with Crippen LogP contribution < -0.4 is 11.5 Å². The van der Waals surface area contributed by atoms with Gasteiger partial charge < -0.3 is 16.6 Å². The molecule has 0 amide bonds. The molecule has 1 aromatic rings. The van der Waals surface area contributed by atoms with Crippen molar-refractivity contribution in [2.45, 2.75) is 13.8 Å². The number of nitrogens with zero attached hydrogens (tertiary/aromatic N) is 2. The zero-order chi connectivity index (χ0) is 11.8. The van der Waals surface area contributed by atoms with Gasteiger partial charge in [-0.25, -0.2) is 9.78 Å². The van der Waals surface area contributed by atoms with Crippen LogP contribution in [0.2, 0.25) is 0 Å². The molecule has 1 aromatic heterocycles. The second-order valence-corrected chi connectivity index (χ2v) is 2.22. The van der Waals surface area contributed by atoms with E-state index in [4.69, 9.17) is 16.6 Å². The summed E-state index contributed by atoms with van der Waals surface area (Å²) in [6.07, 6.45) is 0. The molecule has 1 heterocycles. The number of hydrogen-bond acceptors (Lipinski definition) is 3. The van der Waals surface area contributed by atoms with Crippen molar-refractivity contribution in [3.8, 4) is 0 Å². The molecular formula is C9H14N4O2. The third-order valence-electron chi connectivity index (χ3n) is 1.20. The first-order valence-corrected chi connectivity index (χ1v) is 4.39. The lowest BCUT2D eigenvalue weighted by Crippen LogP contribution is -2.22. The lowest BCUT2D eigenvalue weighted by molar-refractivity contribution is 0.0690. The minimum atomic E-state index is -1.12. The van der Waals surface area contributed by atoms with Crippen molar-refractivity contribution in [3.63, 3.8) is 0 Å². The molecule has 0 saturated heterocycles. The Bertz CT molecular complexity index is 359. The van der Waals surface area contributed by atoms with Gasteiger partial charge >= 0.3 is 5.97 Å². The minimum absolute atomic E-state index is 0.0949. The summed E-state index contributed by atoms with van der Waals surface area (Å²) >= 11 is 0. The summed E-state index contributed by atoms with van der Waals surface area (Å²) in [6, 6.07) is 4.37. The fraction of sp³-hybridized carbons (Fsp3) is 0.222. The van der Waals surface area contributed by atoms with Crippen LogP contribution in [0.1, 0.15) is 24.3 Å². The number of aromatic carboxylic acids is 1. The predicted molar refractivity (Wildman–Crippen MR) is 58.0 cm³/mol. The number of carboxylic acid groups (broad SMARTS) is 1. The van der Waals surface area contributed by atoms with Crippen molar-refractivity contribution in [1.29, 1.82) is 0 Å². The van der Waals surface area contributed by atoms with E-state index in [0.29, 0.717) is 0 Å². The van der Waals surface area contributed by atoms with Gasteiger partial charge in [0.15, 0.2) is 17.5 Å². The van der Waals surface area contributed by atoms with Gasteiger partial charge in [0.05, 0.1) is 0 Å². The zero-order valence-corrected chi connectivity index (χ0v) is 8.64. The van der Waals surface area contributed by atoms with Gasteiger partial charge in [-0.2, -0.15) is 4.99 Å². The monoisotopic (exact) mass is 210 g/mol. The van der Waals surface area contributed by atoms with Crippen LogP contribution in [0, 0.1) is 0 Å². The van der Waals surface area contributed by atoms with Gasteiger partial charge in [0.2, 0.25) is 0 Å². The van der Waals surface area contributed by atoms with Gasteiger partial charge in [-0.3, -0.25) is 0 Å². The number of guanidine groups is 1. The molecule has 6 heteroatoms. The SMILES string of the molecule is CC.NC(N)=Nc1cccc(C(=O)O)n1. The number of hydrogen-bond donors (Lipinski definition) is 3. The molecule has 0 aliphatic carbocycles. The topological polar surface area (TPSA) is 115 Å². The maximum absolute atomic E-state index is 10.5. The molecule has 0 spiro atoms. The number of aliphatic imine (C=N–C) groups is 1. The van der Waals surface area contributed by atoms with E-state index < -0.39 is 5.97 Å². The highest BCUT2D eigenvalue weighted by Gasteiger charge is 2.03. The first-order valence-electron chi connectivity index (χ1n) is 4.39. The Kier molecular flexibility index (Phi) is 5.47. The molecule has 0 fully saturated rings. The molecule has 15 heavy (non-hydrogen) atoms. The lowest BCUT2D eigenvalue weighted by Gasteiger charge is -1.95. The molecule has 6 nitrogen and oxygen atoms in total. The Balaban J connectivity index is 0.000000921. The summed E-state index contributed by atoms with van der Waals surface area (Å²) in [5.74, 6) is -1.09. The summed E-state index contributed by atoms with van der Waals surface area (Å²) in [4.78, 5) is 17.7. The zero-order valence-electron chi connectivity index (χ0n) is 8.64. The summed E-state index contributed by atoms with van der Waals surface area (Å²) in [5, 5.41) is 8.57. The van der Waals surface area contributed by atoms with Gasteiger partial charge in [-0.15, -0.1) is 0 Å². The van der Waals surface area contributed by atoms with E-state index in [9.17, 15) is 4.79 Å². The molecule has 0 bridgehead atoms. The van der Waals surface area contributed by atoms with Crippen LogP contribution in [-0.2, 0) is 0 Å². The largest absolute Gasteiger partial charge is 0.477 e. The molecular weight excluding hydrogens is 196 g/mol. The number of aromatic nitrogens is 1. The number of rotatable bonds is 2. The molecule has 0 aliphatic rings. The summed E-state index contributed by atoms with van der Waals surface area (Å²) in [5.41, 5.74) is 10.1. The average Bonchev–Trinajstić information content (AvgIpc) is 2.20. The first kappa shape index (κ1) is 12.9. The Labute approximate surface area is 87.6 Å². The van der Waals surface area contributed by atoms with Crippen LogP contribution in [-0.4, -0.2) is 22.0 Å². The minimum Gasteiger partial charge on any atom is -0.477 e. The molecule has 1 rings (SSSR count). The van der Waals surface area contributed by atoms with E-state index >= 15 is 0 Å².